The van der Waals surface area contributed by atoms with Crippen LogP contribution in [0.2, 0.25) is 0 Å². The number of carbonyl (C=O) groups is 1. The molecule has 0 fully saturated rings. The van der Waals surface area contributed by atoms with Gasteiger partial charge in [0.05, 0.1) is 32.4 Å². The van der Waals surface area contributed by atoms with Crippen LogP contribution in [0.1, 0.15) is 33.3 Å². The smallest absolute Gasteiger partial charge is 0.311 e. The summed E-state index contributed by atoms with van der Waals surface area (Å²) in [5, 5.41) is -0.597. The minimum atomic E-state index is -3.60. The van der Waals surface area contributed by atoms with Crippen LogP contribution < -0.4 is 9.08 Å². The number of rotatable bonds is 9. The van der Waals surface area contributed by atoms with Gasteiger partial charge in [-0.3, -0.25) is 4.79 Å². The van der Waals surface area contributed by atoms with E-state index in [1.807, 2.05) is 18.7 Å². The van der Waals surface area contributed by atoms with E-state index in [0.29, 0.717) is 13.1 Å². The summed E-state index contributed by atoms with van der Waals surface area (Å²) >= 11 is 0. The summed E-state index contributed by atoms with van der Waals surface area (Å²) < 4.78 is 28.7. The number of likely N-dealkylation sites (N-methyl/N-ethyl adjacent to an activating group) is 1. The highest BCUT2D eigenvalue weighted by atomic mass is 32.2. The molecule has 6 nitrogen and oxygen atoms in total. The van der Waals surface area contributed by atoms with Crippen molar-refractivity contribution >= 4 is 16.0 Å². The lowest BCUT2D eigenvalue weighted by Crippen LogP contribution is -3.06. The Bertz CT molecular complexity index is 652. The number of hydrogen-bond donors (Lipinski definition) is 1. The Kier molecular flexibility index (Phi) is 7.89. The van der Waals surface area contributed by atoms with Crippen molar-refractivity contribution in [2.24, 2.45) is 5.92 Å². The lowest BCUT2D eigenvalue weighted by molar-refractivity contribution is -0.857. The van der Waals surface area contributed by atoms with Crippen LogP contribution in [-0.4, -0.2) is 51.7 Å². The van der Waals surface area contributed by atoms with Crippen LogP contribution in [0.25, 0.3) is 0 Å². The molecule has 0 saturated heterocycles. The van der Waals surface area contributed by atoms with Gasteiger partial charge in [0.25, 0.3) is 0 Å². The van der Waals surface area contributed by atoms with E-state index in [1.165, 1.54) is 4.90 Å². The third kappa shape index (κ3) is 7.04. The summed E-state index contributed by atoms with van der Waals surface area (Å²) in [6, 6.07) is 6.86. The zero-order valence-electron chi connectivity index (χ0n) is 16.1. The predicted molar refractivity (Wildman–Crippen MR) is 99.1 cm³/mol. The summed E-state index contributed by atoms with van der Waals surface area (Å²) in [4.78, 5) is 15.5. The molecular formula is C18H31N2O4S+. The first-order chi connectivity index (χ1) is 11.5. The van der Waals surface area contributed by atoms with E-state index in [1.54, 1.807) is 38.1 Å². The van der Waals surface area contributed by atoms with E-state index in [2.05, 4.69) is 14.1 Å². The van der Waals surface area contributed by atoms with Crippen LogP contribution in [0.15, 0.2) is 24.3 Å². The van der Waals surface area contributed by atoms with E-state index < -0.39 is 15.4 Å². The number of hydrogen-bond acceptors (Lipinski definition) is 4. The quantitative estimate of drug-likeness (QED) is 0.656. The zero-order valence-corrected chi connectivity index (χ0v) is 16.9. The molecule has 0 aromatic heterocycles. The van der Waals surface area contributed by atoms with Gasteiger partial charge in [0, 0.05) is 12.5 Å². The van der Waals surface area contributed by atoms with Gasteiger partial charge in [0.2, 0.25) is 5.91 Å². The lowest BCUT2D eigenvalue weighted by atomic mass is 10.1. The third-order valence-electron chi connectivity index (χ3n) is 3.77. The zero-order chi connectivity index (χ0) is 19.2. The molecule has 0 aliphatic heterocycles. The molecule has 1 amide bonds. The molecule has 142 valence electrons. The van der Waals surface area contributed by atoms with Crippen molar-refractivity contribution < 1.29 is 22.3 Å². The maximum atomic E-state index is 12.4. The van der Waals surface area contributed by atoms with Gasteiger partial charge < -0.3 is 14.0 Å². The fourth-order valence-electron chi connectivity index (χ4n) is 2.09. The van der Waals surface area contributed by atoms with Crippen molar-refractivity contribution in [3.8, 4) is 5.75 Å². The summed E-state index contributed by atoms with van der Waals surface area (Å²) in [7, 11) is 0.513. The van der Waals surface area contributed by atoms with E-state index >= 15 is 0 Å². The van der Waals surface area contributed by atoms with Crippen LogP contribution in [0.4, 0.5) is 0 Å². The van der Waals surface area contributed by atoms with E-state index in [-0.39, 0.29) is 17.6 Å². The molecule has 0 heterocycles. The van der Waals surface area contributed by atoms with Crippen LogP contribution in [0.3, 0.4) is 0 Å². The predicted octanol–water partition coefficient (Wildman–Crippen LogP) is 0.933. The summed E-state index contributed by atoms with van der Waals surface area (Å²) in [6.07, 6.45) is 0. The Balaban J connectivity index is 2.83. The maximum absolute atomic E-state index is 12.4. The minimum Gasteiger partial charge on any atom is -0.382 e. The van der Waals surface area contributed by atoms with Crippen molar-refractivity contribution in [1.82, 2.24) is 4.90 Å². The van der Waals surface area contributed by atoms with E-state index in [9.17, 15) is 13.2 Å². The van der Waals surface area contributed by atoms with Crippen molar-refractivity contribution in [3.63, 3.8) is 0 Å². The lowest BCUT2D eigenvalue weighted by Gasteiger charge is -2.25. The monoisotopic (exact) mass is 371 g/mol. The Morgan fingerprint density at radius 3 is 2.12 bits per heavy atom. The highest BCUT2D eigenvalue weighted by Crippen LogP contribution is 2.18. The first-order valence-electron chi connectivity index (χ1n) is 8.63. The summed E-state index contributed by atoms with van der Waals surface area (Å²) in [5.74, 6) is 0.344. The molecule has 0 aliphatic carbocycles. The second kappa shape index (κ2) is 9.20. The second-order valence-electron chi connectivity index (χ2n) is 7.14. The van der Waals surface area contributed by atoms with Crippen molar-refractivity contribution in [2.45, 2.75) is 39.5 Å². The SMILES string of the molecule is CC(C)C(=O)N(CC[NH+](C)C)Cc1ccc(OS(=O)(=O)C(C)C)cc1. The van der Waals surface area contributed by atoms with E-state index in [0.717, 1.165) is 12.1 Å². The average molecular weight is 372 g/mol. The molecule has 1 aromatic rings. The van der Waals surface area contributed by atoms with Crippen molar-refractivity contribution in [1.29, 1.82) is 0 Å². The number of benzene rings is 1. The van der Waals surface area contributed by atoms with Gasteiger partial charge in [-0.1, -0.05) is 26.0 Å². The molecule has 0 bridgehead atoms. The number of nitrogens with one attached hydrogen (secondary N) is 1. The fraction of sp³-hybridized carbons (Fsp3) is 0.611. The molecule has 0 unspecified atom stereocenters. The molecular weight excluding hydrogens is 340 g/mol. The number of nitrogens with zero attached hydrogens (tertiary/aromatic N) is 1. The summed E-state index contributed by atoms with van der Waals surface area (Å²) in [5.41, 5.74) is 0.942. The molecule has 25 heavy (non-hydrogen) atoms. The Morgan fingerprint density at radius 2 is 1.68 bits per heavy atom. The van der Waals surface area contributed by atoms with Gasteiger partial charge >= 0.3 is 10.1 Å². The Labute approximate surface area is 151 Å². The number of carbonyl (C=O) groups excluding carboxylic acids is 1. The Hall–Kier alpha value is -1.60. The minimum absolute atomic E-state index is 0.0593. The normalized spacial score (nSPS) is 12.0. The standard InChI is InChI=1S/C18H30N2O4S/c1-14(2)18(21)20(12-11-19(5)6)13-16-7-9-17(10-8-16)24-25(22,23)15(3)4/h7-10,14-15H,11-13H2,1-6H3/p+1. The van der Waals surface area contributed by atoms with Gasteiger partial charge in [-0.25, -0.2) is 0 Å². The highest BCUT2D eigenvalue weighted by Gasteiger charge is 2.20. The third-order valence-corrected chi connectivity index (χ3v) is 5.35. The molecule has 1 aromatic carbocycles. The number of amides is 1. The topological polar surface area (TPSA) is 68.1 Å². The van der Waals surface area contributed by atoms with Crippen molar-refractivity contribution in [3.05, 3.63) is 29.8 Å². The first kappa shape index (κ1) is 21.4. The molecule has 1 N–H and O–H groups in total. The van der Waals surface area contributed by atoms with Crippen LogP contribution >= 0.6 is 0 Å². The first-order valence-corrected chi connectivity index (χ1v) is 10.1. The van der Waals surface area contributed by atoms with Crippen LogP contribution in [-0.2, 0) is 21.5 Å². The van der Waals surface area contributed by atoms with Crippen LogP contribution in [0, 0.1) is 5.92 Å². The van der Waals surface area contributed by atoms with Gasteiger partial charge in [-0.05, 0) is 31.5 Å². The second-order valence-corrected chi connectivity index (χ2v) is 9.24. The molecule has 0 radical (unpaired) electrons. The molecule has 0 aliphatic rings. The van der Waals surface area contributed by atoms with Gasteiger partial charge in [-0.15, -0.1) is 0 Å². The van der Waals surface area contributed by atoms with Gasteiger partial charge in [0.15, 0.2) is 0 Å². The van der Waals surface area contributed by atoms with Crippen LogP contribution in [0.5, 0.6) is 5.75 Å². The molecule has 0 saturated carbocycles. The molecule has 0 spiro atoms. The maximum Gasteiger partial charge on any atom is 0.311 e. The van der Waals surface area contributed by atoms with Gasteiger partial charge in [-0.2, -0.15) is 8.42 Å². The fourth-order valence-corrected chi connectivity index (χ4v) is 2.66. The number of quaternary nitrogens is 1. The molecule has 0 atom stereocenters. The van der Waals surface area contributed by atoms with E-state index in [4.69, 9.17) is 4.18 Å². The molecule has 1 rings (SSSR count). The molecule has 7 heteroatoms. The largest absolute Gasteiger partial charge is 0.382 e. The average Bonchev–Trinajstić information content (AvgIpc) is 2.51. The summed E-state index contributed by atoms with van der Waals surface area (Å²) in [6.45, 7) is 8.99. The Morgan fingerprint density at radius 1 is 1.12 bits per heavy atom. The van der Waals surface area contributed by atoms with Gasteiger partial charge in [0.1, 0.15) is 5.75 Å². The highest BCUT2D eigenvalue weighted by molar-refractivity contribution is 7.87. The van der Waals surface area contributed by atoms with Crippen molar-refractivity contribution in [2.75, 3.05) is 27.2 Å².